The van der Waals surface area contributed by atoms with Gasteiger partial charge in [-0.2, -0.15) is 5.90 Å². The van der Waals surface area contributed by atoms with Crippen LogP contribution in [0.25, 0.3) is 0 Å². The van der Waals surface area contributed by atoms with E-state index in [0.717, 1.165) is 6.07 Å². The molecule has 1 rings (SSSR count). The van der Waals surface area contributed by atoms with Crippen molar-refractivity contribution in [3.8, 4) is 5.75 Å². The maximum atomic E-state index is 11.4. The predicted molar refractivity (Wildman–Crippen MR) is 53.9 cm³/mol. The van der Waals surface area contributed by atoms with Gasteiger partial charge in [-0.3, -0.25) is 10.1 Å². The van der Waals surface area contributed by atoms with Crippen molar-refractivity contribution >= 4 is 11.7 Å². The molecular formula is C9H10N2O5. The van der Waals surface area contributed by atoms with Crippen LogP contribution in [0.2, 0.25) is 0 Å². The Morgan fingerprint density at radius 2 is 2.25 bits per heavy atom. The second kappa shape index (κ2) is 5.08. The second-order valence-electron chi connectivity index (χ2n) is 2.78. The lowest BCUT2D eigenvalue weighted by atomic mass is 10.2. The molecule has 0 aliphatic carbocycles. The number of carbonyl (C=O) groups excluding carboxylic acids is 1. The maximum Gasteiger partial charge on any atom is 0.342 e. The van der Waals surface area contributed by atoms with Crippen LogP contribution >= 0.6 is 0 Å². The van der Waals surface area contributed by atoms with Gasteiger partial charge in [-0.15, -0.1) is 0 Å². The van der Waals surface area contributed by atoms with E-state index in [4.69, 9.17) is 10.6 Å². The molecule has 0 atom stereocenters. The highest BCUT2D eigenvalue weighted by molar-refractivity contribution is 5.93. The molecule has 7 heteroatoms. The first-order valence-electron chi connectivity index (χ1n) is 4.42. The van der Waals surface area contributed by atoms with Gasteiger partial charge in [0.2, 0.25) is 0 Å². The van der Waals surface area contributed by atoms with Gasteiger partial charge in [-0.1, -0.05) is 0 Å². The summed E-state index contributed by atoms with van der Waals surface area (Å²) in [6.07, 6.45) is 0. The minimum absolute atomic E-state index is 0.0315. The van der Waals surface area contributed by atoms with Crippen LogP contribution in [0, 0.1) is 10.1 Å². The highest BCUT2D eigenvalue weighted by atomic mass is 16.6. The number of rotatable bonds is 4. The van der Waals surface area contributed by atoms with Crippen LogP contribution in [0.15, 0.2) is 18.2 Å². The summed E-state index contributed by atoms with van der Waals surface area (Å²) < 4.78 is 4.71. The second-order valence-corrected chi connectivity index (χ2v) is 2.78. The molecule has 1 aromatic rings. The SMILES string of the molecule is CCOC(=O)c1cc([N+](=O)[O-])ccc1ON. The molecule has 0 heterocycles. The van der Waals surface area contributed by atoms with Gasteiger partial charge >= 0.3 is 5.97 Å². The monoisotopic (exact) mass is 226 g/mol. The van der Waals surface area contributed by atoms with Gasteiger partial charge in [-0.25, -0.2) is 4.79 Å². The van der Waals surface area contributed by atoms with Crippen LogP contribution in [-0.4, -0.2) is 17.5 Å². The Hall–Kier alpha value is -2.15. The normalized spacial score (nSPS) is 9.62. The van der Waals surface area contributed by atoms with Crippen LogP contribution in [0.1, 0.15) is 17.3 Å². The molecule has 0 unspecified atom stereocenters. The molecule has 0 bridgehead atoms. The van der Waals surface area contributed by atoms with E-state index in [1.807, 2.05) is 0 Å². The van der Waals surface area contributed by atoms with Crippen LogP contribution in [0.4, 0.5) is 5.69 Å². The minimum Gasteiger partial charge on any atom is -0.462 e. The zero-order valence-electron chi connectivity index (χ0n) is 8.50. The maximum absolute atomic E-state index is 11.4. The van der Waals surface area contributed by atoms with Gasteiger partial charge in [0.15, 0.2) is 5.75 Å². The van der Waals surface area contributed by atoms with E-state index < -0.39 is 10.9 Å². The summed E-state index contributed by atoms with van der Waals surface area (Å²) in [6.45, 7) is 1.78. The highest BCUT2D eigenvalue weighted by Crippen LogP contribution is 2.24. The lowest BCUT2D eigenvalue weighted by Crippen LogP contribution is -2.11. The van der Waals surface area contributed by atoms with E-state index >= 15 is 0 Å². The zero-order chi connectivity index (χ0) is 12.1. The number of benzene rings is 1. The lowest BCUT2D eigenvalue weighted by molar-refractivity contribution is -0.384. The molecule has 86 valence electrons. The molecule has 0 saturated heterocycles. The van der Waals surface area contributed by atoms with Crippen molar-refractivity contribution in [1.82, 2.24) is 0 Å². The average Bonchev–Trinajstić information content (AvgIpc) is 2.28. The number of nitro groups is 1. The summed E-state index contributed by atoms with van der Waals surface area (Å²) in [4.78, 5) is 25.7. The molecule has 0 aliphatic heterocycles. The standard InChI is InChI=1S/C9H10N2O5/c1-2-15-9(12)7-5-6(11(13)14)3-4-8(7)16-10/h3-5H,2,10H2,1H3. The summed E-state index contributed by atoms with van der Waals surface area (Å²) in [7, 11) is 0. The number of carbonyl (C=O) groups is 1. The molecule has 0 amide bonds. The Kier molecular flexibility index (Phi) is 3.78. The number of nitro benzene ring substituents is 1. The Morgan fingerprint density at radius 3 is 2.75 bits per heavy atom. The third kappa shape index (κ3) is 2.45. The topological polar surface area (TPSA) is 105 Å². The van der Waals surface area contributed by atoms with E-state index in [1.165, 1.54) is 12.1 Å². The first kappa shape index (κ1) is 11.9. The van der Waals surface area contributed by atoms with Gasteiger partial charge in [0.25, 0.3) is 5.69 Å². The van der Waals surface area contributed by atoms with Crippen molar-refractivity contribution in [2.75, 3.05) is 6.61 Å². The Morgan fingerprint density at radius 1 is 1.56 bits per heavy atom. The summed E-state index contributed by atoms with van der Waals surface area (Å²) in [5.41, 5.74) is -0.303. The summed E-state index contributed by atoms with van der Waals surface area (Å²) in [6, 6.07) is 3.48. The van der Waals surface area contributed by atoms with E-state index in [9.17, 15) is 14.9 Å². The molecule has 0 radical (unpaired) electrons. The lowest BCUT2D eigenvalue weighted by Gasteiger charge is -2.06. The molecular weight excluding hydrogens is 216 g/mol. The van der Waals surface area contributed by atoms with Gasteiger partial charge in [0, 0.05) is 12.1 Å². The van der Waals surface area contributed by atoms with Crippen LogP contribution in [0.5, 0.6) is 5.75 Å². The molecule has 0 aliphatic rings. The zero-order valence-corrected chi connectivity index (χ0v) is 8.50. The summed E-state index contributed by atoms with van der Waals surface area (Å²) >= 11 is 0. The number of nitrogens with zero attached hydrogens (tertiary/aromatic N) is 1. The fraction of sp³-hybridized carbons (Fsp3) is 0.222. The number of hydrogen-bond acceptors (Lipinski definition) is 6. The van der Waals surface area contributed by atoms with Gasteiger partial charge in [0.1, 0.15) is 5.56 Å². The number of esters is 1. The van der Waals surface area contributed by atoms with Crippen molar-refractivity contribution in [3.63, 3.8) is 0 Å². The number of nitrogens with two attached hydrogens (primary N) is 1. The Bertz CT molecular complexity index is 418. The van der Waals surface area contributed by atoms with Crippen molar-refractivity contribution in [2.24, 2.45) is 5.90 Å². The van der Waals surface area contributed by atoms with Gasteiger partial charge in [0.05, 0.1) is 11.5 Å². The number of hydrogen-bond donors (Lipinski definition) is 1. The molecule has 0 aromatic heterocycles. The van der Waals surface area contributed by atoms with E-state index in [2.05, 4.69) is 4.84 Å². The van der Waals surface area contributed by atoms with Crippen LogP contribution < -0.4 is 10.7 Å². The van der Waals surface area contributed by atoms with Gasteiger partial charge < -0.3 is 9.57 Å². The van der Waals surface area contributed by atoms with Crippen LogP contribution in [-0.2, 0) is 4.74 Å². The highest BCUT2D eigenvalue weighted by Gasteiger charge is 2.18. The third-order valence-corrected chi connectivity index (χ3v) is 1.80. The summed E-state index contributed by atoms with van der Waals surface area (Å²) in [5, 5.41) is 10.5. The van der Waals surface area contributed by atoms with E-state index in [-0.39, 0.29) is 23.6 Å². The van der Waals surface area contributed by atoms with E-state index in [1.54, 1.807) is 6.92 Å². The first-order valence-corrected chi connectivity index (χ1v) is 4.42. The summed E-state index contributed by atoms with van der Waals surface area (Å²) in [5.74, 6) is 4.25. The smallest absolute Gasteiger partial charge is 0.342 e. The average molecular weight is 226 g/mol. The quantitative estimate of drug-likeness (QED) is 0.467. The molecule has 2 N–H and O–H groups in total. The molecule has 16 heavy (non-hydrogen) atoms. The largest absolute Gasteiger partial charge is 0.462 e. The van der Waals surface area contributed by atoms with Crippen molar-refractivity contribution in [3.05, 3.63) is 33.9 Å². The third-order valence-electron chi connectivity index (χ3n) is 1.80. The van der Waals surface area contributed by atoms with Crippen molar-refractivity contribution < 1.29 is 19.3 Å². The Balaban J connectivity index is 3.16. The van der Waals surface area contributed by atoms with Crippen LogP contribution in [0.3, 0.4) is 0 Å². The number of ether oxygens (including phenoxy) is 1. The fourth-order valence-electron chi connectivity index (χ4n) is 1.10. The molecule has 0 saturated carbocycles. The molecule has 7 nitrogen and oxygen atoms in total. The number of non-ortho nitro benzene ring substituents is 1. The van der Waals surface area contributed by atoms with Crippen molar-refractivity contribution in [2.45, 2.75) is 6.92 Å². The Labute approximate surface area is 90.9 Å². The molecule has 0 fully saturated rings. The first-order chi connectivity index (χ1) is 7.60. The molecule has 0 spiro atoms. The van der Waals surface area contributed by atoms with Crippen molar-refractivity contribution in [1.29, 1.82) is 0 Å². The minimum atomic E-state index is -0.716. The van der Waals surface area contributed by atoms with Gasteiger partial charge in [-0.05, 0) is 13.0 Å². The predicted octanol–water partition coefficient (Wildman–Crippen LogP) is 1.02. The van der Waals surface area contributed by atoms with E-state index in [0.29, 0.717) is 0 Å². The fourth-order valence-corrected chi connectivity index (χ4v) is 1.10. The molecule has 1 aromatic carbocycles.